The van der Waals surface area contributed by atoms with E-state index in [2.05, 4.69) is 38.2 Å². The number of ether oxygens (including phenoxy) is 2. The van der Waals surface area contributed by atoms with E-state index in [1.54, 1.807) is 12.2 Å². The van der Waals surface area contributed by atoms with E-state index in [0.717, 1.165) is 38.5 Å². The molecule has 10 nitrogen and oxygen atoms in total. The molecule has 4 N–H and O–H groups in total. The number of aliphatic hydroxyl groups is 1. The van der Waals surface area contributed by atoms with Gasteiger partial charge >= 0.3 is 19.8 Å². The molecular weight excluding hydrogens is 681 g/mol. The van der Waals surface area contributed by atoms with Crippen molar-refractivity contribution in [2.24, 2.45) is 5.73 Å². The van der Waals surface area contributed by atoms with E-state index in [9.17, 15) is 24.2 Å². The van der Waals surface area contributed by atoms with E-state index in [-0.39, 0.29) is 32.6 Å². The van der Waals surface area contributed by atoms with E-state index in [1.165, 1.54) is 77.0 Å². The first-order valence-corrected chi connectivity index (χ1v) is 21.7. The van der Waals surface area contributed by atoms with Crippen LogP contribution in [-0.2, 0) is 32.7 Å². The predicted octanol–water partition coefficient (Wildman–Crippen LogP) is 10.1. The van der Waals surface area contributed by atoms with Gasteiger partial charge in [-0.1, -0.05) is 152 Å². The average molecular weight is 756 g/mol. The number of phosphoric acid groups is 1. The van der Waals surface area contributed by atoms with Gasteiger partial charge in [0, 0.05) is 19.4 Å². The van der Waals surface area contributed by atoms with Crippen LogP contribution in [0.15, 0.2) is 48.6 Å². The van der Waals surface area contributed by atoms with Gasteiger partial charge in [-0.05, 0) is 44.9 Å². The number of rotatable bonds is 37. The standard InChI is InChI=1S/C41H74NO9P/c1-3-5-7-9-11-13-15-17-19-21-23-25-27-30-38(43)31-29-33-41(45)51-39(37-50-52(46,47)49-35-34-42)36-48-40(44)32-28-26-24-22-20-18-16-14-12-10-8-6-4-2/h11,13,17,19,23,25,27,30,38-39,43H,3-10,12,14-16,18,20-22,24,26,28-29,31-37,42H2,1-2H3,(H,46,47)/b13-11-,19-17-,25-23-,30-27+/t38-,39+/m0/s1. The molecule has 1 unspecified atom stereocenters. The third kappa shape index (κ3) is 36.3. The van der Waals surface area contributed by atoms with Gasteiger partial charge in [0.2, 0.25) is 0 Å². The number of hydrogen-bond acceptors (Lipinski definition) is 9. The zero-order valence-corrected chi connectivity index (χ0v) is 33.5. The van der Waals surface area contributed by atoms with Crippen LogP contribution in [0.5, 0.6) is 0 Å². The molecule has 0 rings (SSSR count). The molecule has 0 heterocycles. The Balaban J connectivity index is 4.41. The van der Waals surface area contributed by atoms with Gasteiger partial charge in [0.15, 0.2) is 6.10 Å². The fourth-order valence-electron chi connectivity index (χ4n) is 5.27. The quantitative estimate of drug-likeness (QED) is 0.0183. The molecule has 11 heteroatoms. The molecule has 0 fully saturated rings. The maximum Gasteiger partial charge on any atom is 0.472 e. The van der Waals surface area contributed by atoms with Crippen molar-refractivity contribution in [3.05, 3.63) is 48.6 Å². The SMILES string of the molecule is CCCCC/C=C\C/C=C\C/C=C\C=C\[C@H](O)CCCC(=O)O[C@H](COC(=O)CCCCCCCCCCCCCCC)COP(=O)(O)OCCN. The summed E-state index contributed by atoms with van der Waals surface area (Å²) in [4.78, 5) is 34.8. The van der Waals surface area contributed by atoms with Crippen molar-refractivity contribution < 1.29 is 42.7 Å². The van der Waals surface area contributed by atoms with Crippen LogP contribution in [0.4, 0.5) is 0 Å². The fraction of sp³-hybridized carbons (Fsp3) is 0.756. The van der Waals surface area contributed by atoms with Crippen molar-refractivity contribution in [3.63, 3.8) is 0 Å². The highest BCUT2D eigenvalue weighted by Crippen LogP contribution is 2.43. The van der Waals surface area contributed by atoms with Gasteiger partial charge in [-0.3, -0.25) is 18.6 Å². The number of phosphoric ester groups is 1. The van der Waals surface area contributed by atoms with Crippen molar-refractivity contribution in [1.82, 2.24) is 0 Å². The monoisotopic (exact) mass is 756 g/mol. The molecule has 52 heavy (non-hydrogen) atoms. The number of esters is 2. The summed E-state index contributed by atoms with van der Waals surface area (Å²) >= 11 is 0. The van der Waals surface area contributed by atoms with Crippen LogP contribution in [0.2, 0.25) is 0 Å². The molecule has 0 aliphatic heterocycles. The normalized spacial score (nSPS) is 14.5. The molecular formula is C41H74NO9P. The Morgan fingerprint density at radius 1 is 0.673 bits per heavy atom. The van der Waals surface area contributed by atoms with Crippen LogP contribution in [0, 0.1) is 0 Å². The van der Waals surface area contributed by atoms with Crippen molar-refractivity contribution in [2.75, 3.05) is 26.4 Å². The van der Waals surface area contributed by atoms with Crippen molar-refractivity contribution >= 4 is 19.8 Å². The van der Waals surface area contributed by atoms with Gasteiger partial charge in [0.25, 0.3) is 0 Å². The van der Waals surface area contributed by atoms with E-state index >= 15 is 0 Å². The molecule has 0 radical (unpaired) electrons. The average Bonchev–Trinajstić information content (AvgIpc) is 3.12. The van der Waals surface area contributed by atoms with Crippen LogP contribution >= 0.6 is 7.82 Å². The van der Waals surface area contributed by atoms with E-state index in [4.69, 9.17) is 24.3 Å². The third-order valence-corrected chi connectivity index (χ3v) is 9.31. The van der Waals surface area contributed by atoms with Gasteiger partial charge < -0.3 is 25.2 Å². The lowest BCUT2D eigenvalue weighted by Gasteiger charge is -2.20. The Morgan fingerprint density at radius 2 is 1.23 bits per heavy atom. The number of hydrogen-bond donors (Lipinski definition) is 3. The molecule has 0 aromatic heterocycles. The molecule has 0 amide bonds. The summed E-state index contributed by atoms with van der Waals surface area (Å²) in [6, 6.07) is 0. The lowest BCUT2D eigenvalue weighted by atomic mass is 10.0. The highest BCUT2D eigenvalue weighted by Gasteiger charge is 2.26. The molecule has 302 valence electrons. The topological polar surface area (TPSA) is 155 Å². The zero-order chi connectivity index (χ0) is 38.4. The molecule has 0 aliphatic carbocycles. The number of allylic oxidation sites excluding steroid dienone is 7. The lowest BCUT2D eigenvalue weighted by molar-refractivity contribution is -0.161. The zero-order valence-electron chi connectivity index (χ0n) is 32.6. The van der Waals surface area contributed by atoms with E-state index in [1.807, 2.05) is 12.2 Å². The molecule has 0 saturated carbocycles. The second-order valence-electron chi connectivity index (χ2n) is 13.4. The minimum Gasteiger partial charge on any atom is -0.462 e. The first-order valence-electron chi connectivity index (χ1n) is 20.2. The third-order valence-electron chi connectivity index (χ3n) is 8.32. The second-order valence-corrected chi connectivity index (χ2v) is 14.8. The van der Waals surface area contributed by atoms with Gasteiger partial charge in [-0.2, -0.15) is 0 Å². The lowest BCUT2D eigenvalue weighted by Crippen LogP contribution is -2.29. The van der Waals surface area contributed by atoms with Crippen LogP contribution in [-0.4, -0.2) is 60.5 Å². The maximum absolute atomic E-state index is 12.6. The Morgan fingerprint density at radius 3 is 1.87 bits per heavy atom. The Kier molecular flexibility index (Phi) is 35.8. The molecule has 0 bridgehead atoms. The van der Waals surface area contributed by atoms with Gasteiger partial charge in [-0.25, -0.2) is 4.57 Å². The first-order chi connectivity index (χ1) is 25.2. The van der Waals surface area contributed by atoms with Crippen LogP contribution in [0.1, 0.15) is 162 Å². The van der Waals surface area contributed by atoms with Gasteiger partial charge in [0.1, 0.15) is 6.61 Å². The molecule has 0 aliphatic rings. The van der Waals surface area contributed by atoms with Gasteiger partial charge in [0.05, 0.1) is 19.3 Å². The van der Waals surface area contributed by atoms with Crippen molar-refractivity contribution in [3.8, 4) is 0 Å². The predicted molar refractivity (Wildman–Crippen MR) is 212 cm³/mol. The van der Waals surface area contributed by atoms with Crippen LogP contribution in [0.3, 0.4) is 0 Å². The number of unbranched alkanes of at least 4 members (excludes halogenated alkanes) is 15. The van der Waals surface area contributed by atoms with Crippen LogP contribution in [0.25, 0.3) is 0 Å². The highest BCUT2D eigenvalue weighted by molar-refractivity contribution is 7.47. The Bertz CT molecular complexity index is 1010. The highest BCUT2D eigenvalue weighted by atomic mass is 31.2. The summed E-state index contributed by atoms with van der Waals surface area (Å²) in [6.07, 6.45) is 37.4. The minimum atomic E-state index is -4.43. The first kappa shape index (κ1) is 49.9. The van der Waals surface area contributed by atoms with Crippen molar-refractivity contribution in [1.29, 1.82) is 0 Å². The van der Waals surface area contributed by atoms with Crippen molar-refractivity contribution in [2.45, 2.75) is 174 Å². The Labute approximate surface area is 316 Å². The summed E-state index contributed by atoms with van der Waals surface area (Å²) in [7, 11) is -4.43. The number of carbonyl (C=O) groups is 2. The molecule has 3 atom stereocenters. The largest absolute Gasteiger partial charge is 0.472 e. The number of nitrogens with two attached hydrogens (primary N) is 1. The maximum atomic E-state index is 12.6. The number of aliphatic hydroxyl groups excluding tert-OH is 1. The smallest absolute Gasteiger partial charge is 0.462 e. The van der Waals surface area contributed by atoms with Crippen LogP contribution < -0.4 is 5.73 Å². The minimum absolute atomic E-state index is 0.00243. The molecule has 0 spiro atoms. The fourth-order valence-corrected chi connectivity index (χ4v) is 6.03. The molecule has 0 aromatic carbocycles. The Hall–Kier alpha value is -2.07. The summed E-state index contributed by atoms with van der Waals surface area (Å²) in [5.41, 5.74) is 5.32. The second kappa shape index (κ2) is 37.3. The summed E-state index contributed by atoms with van der Waals surface area (Å²) in [6.45, 7) is 3.46. The molecule has 0 aromatic rings. The molecule has 0 saturated heterocycles. The summed E-state index contributed by atoms with van der Waals surface area (Å²) in [5, 5.41) is 10.3. The van der Waals surface area contributed by atoms with Gasteiger partial charge in [-0.15, -0.1) is 0 Å². The summed E-state index contributed by atoms with van der Waals surface area (Å²) < 4.78 is 32.5. The van der Waals surface area contributed by atoms with E-state index < -0.39 is 38.6 Å². The van der Waals surface area contributed by atoms with E-state index in [0.29, 0.717) is 19.3 Å². The summed E-state index contributed by atoms with van der Waals surface area (Å²) in [5.74, 6) is -1.03. The number of carbonyl (C=O) groups excluding carboxylic acids is 2.